The van der Waals surface area contributed by atoms with Crippen LogP contribution in [0.4, 0.5) is 5.69 Å². The third-order valence-corrected chi connectivity index (χ3v) is 4.91. The number of fused-ring (bicyclic) bond motifs is 1. The summed E-state index contributed by atoms with van der Waals surface area (Å²) >= 11 is 0. The van der Waals surface area contributed by atoms with E-state index in [1.807, 2.05) is 24.3 Å². The van der Waals surface area contributed by atoms with Gasteiger partial charge in [0.15, 0.2) is 0 Å². The second kappa shape index (κ2) is 5.12. The van der Waals surface area contributed by atoms with Crippen LogP contribution in [0.3, 0.4) is 0 Å². The Kier molecular flexibility index (Phi) is 3.19. The molecular formula is C20H22N2O. The molecule has 0 radical (unpaired) electrons. The van der Waals surface area contributed by atoms with Crippen LogP contribution >= 0.6 is 0 Å². The van der Waals surface area contributed by atoms with Crippen LogP contribution in [0.5, 0.6) is 0 Å². The van der Waals surface area contributed by atoms with Gasteiger partial charge in [-0.05, 0) is 56.9 Å². The first-order valence-corrected chi connectivity index (χ1v) is 8.32. The van der Waals surface area contributed by atoms with Gasteiger partial charge in [0.05, 0.1) is 5.56 Å². The van der Waals surface area contributed by atoms with Crippen molar-refractivity contribution >= 4 is 11.6 Å². The van der Waals surface area contributed by atoms with Crippen molar-refractivity contribution in [1.29, 1.82) is 0 Å². The highest BCUT2D eigenvalue weighted by Gasteiger charge is 2.42. The van der Waals surface area contributed by atoms with E-state index in [1.54, 1.807) is 0 Å². The van der Waals surface area contributed by atoms with Gasteiger partial charge in [-0.15, -0.1) is 0 Å². The second-order valence-electron chi connectivity index (χ2n) is 6.85. The first-order valence-electron chi connectivity index (χ1n) is 8.32. The molecule has 0 bridgehead atoms. The molecule has 3 heteroatoms. The number of nitrogens with one attached hydrogen (secondary N) is 1. The standard InChI is InChI=1S/C20H22N2O/c1-12-10-13(2)18(14(3)11-12)19-21-17-7-5-4-6-16(17)20(23)22(19)15-8-9-15/h4-7,10-11,15,19,21H,8-9H2,1-3H3/t19-/m0/s1. The van der Waals surface area contributed by atoms with Crippen molar-refractivity contribution in [3.8, 4) is 0 Å². The molecule has 2 aromatic carbocycles. The molecule has 1 amide bonds. The Morgan fingerprint density at radius 3 is 2.35 bits per heavy atom. The molecular weight excluding hydrogens is 284 g/mol. The van der Waals surface area contributed by atoms with E-state index < -0.39 is 0 Å². The van der Waals surface area contributed by atoms with Gasteiger partial charge in [-0.25, -0.2) is 0 Å². The summed E-state index contributed by atoms with van der Waals surface area (Å²) in [6.07, 6.45) is 2.15. The summed E-state index contributed by atoms with van der Waals surface area (Å²) < 4.78 is 0. The molecule has 0 unspecified atom stereocenters. The van der Waals surface area contributed by atoms with E-state index in [4.69, 9.17) is 0 Å². The molecule has 0 aromatic heterocycles. The molecule has 1 fully saturated rings. The number of carbonyl (C=O) groups excluding carboxylic acids is 1. The fourth-order valence-electron chi connectivity index (χ4n) is 3.83. The number of para-hydroxylation sites is 1. The number of nitrogens with zero attached hydrogens (tertiary/aromatic N) is 1. The topological polar surface area (TPSA) is 32.3 Å². The molecule has 0 saturated heterocycles. The number of anilines is 1. The summed E-state index contributed by atoms with van der Waals surface area (Å²) in [6, 6.07) is 12.6. The molecule has 1 heterocycles. The molecule has 1 N–H and O–H groups in total. The van der Waals surface area contributed by atoms with Crippen molar-refractivity contribution < 1.29 is 4.79 Å². The molecule has 3 nitrogen and oxygen atoms in total. The average molecular weight is 306 g/mol. The number of rotatable bonds is 2. The van der Waals surface area contributed by atoms with Crippen LogP contribution in [0.2, 0.25) is 0 Å². The minimum Gasteiger partial charge on any atom is -0.361 e. The van der Waals surface area contributed by atoms with Crippen molar-refractivity contribution in [1.82, 2.24) is 4.90 Å². The fraction of sp³-hybridized carbons (Fsp3) is 0.350. The zero-order chi connectivity index (χ0) is 16.1. The lowest BCUT2D eigenvalue weighted by molar-refractivity contribution is 0.0665. The molecule has 1 atom stereocenters. The van der Waals surface area contributed by atoms with Crippen LogP contribution in [-0.4, -0.2) is 16.8 Å². The largest absolute Gasteiger partial charge is 0.361 e. The summed E-state index contributed by atoms with van der Waals surface area (Å²) in [5, 5.41) is 3.62. The van der Waals surface area contributed by atoms with Gasteiger partial charge in [0, 0.05) is 17.3 Å². The van der Waals surface area contributed by atoms with E-state index >= 15 is 0 Å². The Morgan fingerprint density at radius 1 is 1.04 bits per heavy atom. The fourth-order valence-corrected chi connectivity index (χ4v) is 3.83. The Bertz CT molecular complexity index is 769. The van der Waals surface area contributed by atoms with Crippen LogP contribution in [0.25, 0.3) is 0 Å². The monoisotopic (exact) mass is 306 g/mol. The minimum atomic E-state index is -0.0644. The van der Waals surface area contributed by atoms with Gasteiger partial charge in [0.2, 0.25) is 0 Å². The van der Waals surface area contributed by atoms with Crippen LogP contribution in [0.15, 0.2) is 36.4 Å². The first-order chi connectivity index (χ1) is 11.1. The smallest absolute Gasteiger partial charge is 0.258 e. The Balaban J connectivity index is 1.86. The second-order valence-corrected chi connectivity index (χ2v) is 6.85. The third kappa shape index (κ3) is 2.31. The van der Waals surface area contributed by atoms with Crippen molar-refractivity contribution in [3.63, 3.8) is 0 Å². The lowest BCUT2D eigenvalue weighted by Gasteiger charge is -2.39. The highest BCUT2D eigenvalue weighted by molar-refractivity contribution is 6.02. The average Bonchev–Trinajstić information content (AvgIpc) is 3.31. The Hall–Kier alpha value is -2.29. The van der Waals surface area contributed by atoms with Crippen LogP contribution in [0, 0.1) is 20.8 Å². The predicted molar refractivity (Wildman–Crippen MR) is 92.7 cm³/mol. The Morgan fingerprint density at radius 2 is 1.70 bits per heavy atom. The minimum absolute atomic E-state index is 0.0644. The quantitative estimate of drug-likeness (QED) is 0.895. The van der Waals surface area contributed by atoms with Crippen molar-refractivity contribution in [3.05, 3.63) is 64.2 Å². The molecule has 2 aliphatic rings. The SMILES string of the molecule is Cc1cc(C)c([C@H]2Nc3ccccc3C(=O)N2C2CC2)c(C)c1. The third-order valence-electron chi connectivity index (χ3n) is 4.91. The van der Waals surface area contributed by atoms with Gasteiger partial charge in [-0.3, -0.25) is 4.79 Å². The first kappa shape index (κ1) is 14.3. The lowest BCUT2D eigenvalue weighted by Crippen LogP contribution is -2.44. The van der Waals surface area contributed by atoms with Crippen LogP contribution < -0.4 is 5.32 Å². The number of benzene rings is 2. The van der Waals surface area contributed by atoms with Gasteiger partial charge < -0.3 is 10.2 Å². The molecule has 23 heavy (non-hydrogen) atoms. The summed E-state index contributed by atoms with van der Waals surface area (Å²) in [6.45, 7) is 6.41. The van der Waals surface area contributed by atoms with E-state index in [9.17, 15) is 4.79 Å². The van der Waals surface area contributed by atoms with Crippen LogP contribution in [0.1, 0.15) is 51.6 Å². The van der Waals surface area contributed by atoms with E-state index in [1.165, 1.54) is 22.3 Å². The number of hydrogen-bond acceptors (Lipinski definition) is 2. The molecule has 1 aliphatic heterocycles. The predicted octanol–water partition coefficient (Wildman–Crippen LogP) is 4.34. The van der Waals surface area contributed by atoms with Crippen molar-refractivity contribution in [2.75, 3.05) is 5.32 Å². The van der Waals surface area contributed by atoms with E-state index in [0.29, 0.717) is 6.04 Å². The van der Waals surface area contributed by atoms with E-state index in [0.717, 1.165) is 24.1 Å². The highest BCUT2D eigenvalue weighted by Crippen LogP contribution is 2.42. The maximum absolute atomic E-state index is 13.1. The molecule has 4 rings (SSSR count). The number of carbonyl (C=O) groups is 1. The molecule has 2 aromatic rings. The van der Waals surface area contributed by atoms with Gasteiger partial charge in [0.1, 0.15) is 6.17 Å². The zero-order valence-electron chi connectivity index (χ0n) is 13.9. The summed E-state index contributed by atoms with van der Waals surface area (Å²) in [7, 11) is 0. The molecule has 118 valence electrons. The van der Waals surface area contributed by atoms with Crippen molar-refractivity contribution in [2.24, 2.45) is 0 Å². The number of aryl methyl sites for hydroxylation is 3. The van der Waals surface area contributed by atoms with Gasteiger partial charge in [0.25, 0.3) is 5.91 Å². The van der Waals surface area contributed by atoms with Gasteiger partial charge in [-0.2, -0.15) is 0 Å². The van der Waals surface area contributed by atoms with Gasteiger partial charge in [-0.1, -0.05) is 29.8 Å². The summed E-state index contributed by atoms with van der Waals surface area (Å²) in [4.78, 5) is 15.1. The summed E-state index contributed by atoms with van der Waals surface area (Å²) in [5.74, 6) is 0.159. The number of hydrogen-bond donors (Lipinski definition) is 1. The molecule has 1 aliphatic carbocycles. The zero-order valence-corrected chi connectivity index (χ0v) is 13.9. The highest BCUT2D eigenvalue weighted by atomic mass is 16.2. The summed E-state index contributed by atoms with van der Waals surface area (Å²) in [5.41, 5.74) is 6.74. The van der Waals surface area contributed by atoms with Crippen molar-refractivity contribution in [2.45, 2.75) is 45.8 Å². The Labute approximate surface area is 137 Å². The van der Waals surface area contributed by atoms with Gasteiger partial charge >= 0.3 is 0 Å². The number of amides is 1. The lowest BCUT2D eigenvalue weighted by atomic mass is 9.94. The molecule has 1 saturated carbocycles. The maximum atomic E-state index is 13.1. The molecule has 0 spiro atoms. The van der Waals surface area contributed by atoms with Crippen LogP contribution in [-0.2, 0) is 0 Å². The maximum Gasteiger partial charge on any atom is 0.258 e. The van der Waals surface area contributed by atoms with E-state index in [-0.39, 0.29) is 12.1 Å². The normalized spacial score (nSPS) is 20.2. The van der Waals surface area contributed by atoms with E-state index in [2.05, 4.69) is 43.1 Å².